The maximum atomic E-state index is 11.8. The van der Waals surface area contributed by atoms with Crippen molar-refractivity contribution in [2.45, 2.75) is 69.3 Å². The van der Waals surface area contributed by atoms with Gasteiger partial charge in [0.15, 0.2) is 9.84 Å². The first kappa shape index (κ1) is 15.9. The molecule has 4 nitrogen and oxygen atoms in total. The maximum Gasteiger partial charge on any atom is 0.151 e. The van der Waals surface area contributed by atoms with Crippen LogP contribution < -0.4 is 5.32 Å². The predicted molar refractivity (Wildman–Crippen MR) is 74.4 cm³/mol. The van der Waals surface area contributed by atoms with E-state index in [1.807, 2.05) is 13.8 Å². The summed E-state index contributed by atoms with van der Waals surface area (Å²) in [6.07, 6.45) is 6.39. The van der Waals surface area contributed by atoms with Crippen molar-refractivity contribution < 1.29 is 13.5 Å². The zero-order chi connectivity index (χ0) is 13.8. The van der Waals surface area contributed by atoms with Gasteiger partial charge in [0.1, 0.15) is 0 Å². The predicted octanol–water partition coefficient (Wildman–Crippen LogP) is 1.48. The molecule has 0 aromatic carbocycles. The summed E-state index contributed by atoms with van der Waals surface area (Å²) in [5, 5.41) is 13.2. The van der Waals surface area contributed by atoms with Gasteiger partial charge in [-0.05, 0) is 25.7 Å². The second-order valence-corrected chi connectivity index (χ2v) is 7.84. The standard InChI is InChI=1S/C13H27NO3S/c1-4-13(15,5-2)10-14-11-8-6-7-9-12(11)18(3,16)17/h11-12,14-15H,4-10H2,1-3H3. The zero-order valence-corrected chi connectivity index (χ0v) is 12.6. The number of aliphatic hydroxyl groups is 1. The molecule has 2 atom stereocenters. The summed E-state index contributed by atoms with van der Waals surface area (Å²) in [6, 6.07) is -0.00150. The lowest BCUT2D eigenvalue weighted by molar-refractivity contribution is 0.0288. The Kier molecular flexibility index (Phi) is 5.62. The minimum atomic E-state index is -3.00. The molecule has 0 radical (unpaired) electrons. The van der Waals surface area contributed by atoms with E-state index < -0.39 is 15.4 Å². The van der Waals surface area contributed by atoms with E-state index in [1.165, 1.54) is 6.26 Å². The van der Waals surface area contributed by atoms with Crippen LogP contribution in [-0.2, 0) is 9.84 Å². The van der Waals surface area contributed by atoms with Crippen LogP contribution >= 0.6 is 0 Å². The zero-order valence-electron chi connectivity index (χ0n) is 11.8. The first-order valence-corrected chi connectivity index (χ1v) is 8.92. The van der Waals surface area contributed by atoms with E-state index in [-0.39, 0.29) is 11.3 Å². The molecule has 0 heterocycles. The molecule has 18 heavy (non-hydrogen) atoms. The number of hydrogen-bond acceptors (Lipinski definition) is 4. The Hall–Kier alpha value is -0.130. The van der Waals surface area contributed by atoms with Gasteiger partial charge in [-0.2, -0.15) is 0 Å². The van der Waals surface area contributed by atoms with Crippen molar-refractivity contribution in [3.63, 3.8) is 0 Å². The summed E-state index contributed by atoms with van der Waals surface area (Å²) < 4.78 is 23.5. The van der Waals surface area contributed by atoms with Gasteiger partial charge in [0.25, 0.3) is 0 Å². The molecular formula is C13H27NO3S. The van der Waals surface area contributed by atoms with E-state index in [1.54, 1.807) is 0 Å². The monoisotopic (exact) mass is 277 g/mol. The van der Waals surface area contributed by atoms with E-state index in [9.17, 15) is 13.5 Å². The van der Waals surface area contributed by atoms with Crippen molar-refractivity contribution in [1.82, 2.24) is 5.32 Å². The summed E-state index contributed by atoms with van der Waals surface area (Å²) >= 11 is 0. The third kappa shape index (κ3) is 4.21. The molecule has 1 aliphatic rings. The molecule has 0 spiro atoms. The van der Waals surface area contributed by atoms with Gasteiger partial charge in [-0.3, -0.25) is 0 Å². The van der Waals surface area contributed by atoms with Gasteiger partial charge in [-0.25, -0.2) is 8.42 Å². The fourth-order valence-electron chi connectivity index (χ4n) is 2.66. The van der Waals surface area contributed by atoms with E-state index in [2.05, 4.69) is 5.32 Å². The van der Waals surface area contributed by atoms with Crippen LogP contribution in [-0.4, -0.2) is 43.2 Å². The molecule has 0 aromatic rings. The smallest absolute Gasteiger partial charge is 0.151 e. The number of rotatable bonds is 6. The lowest BCUT2D eigenvalue weighted by Crippen LogP contribution is -2.51. The van der Waals surface area contributed by atoms with Crippen molar-refractivity contribution in [3.8, 4) is 0 Å². The highest BCUT2D eigenvalue weighted by Gasteiger charge is 2.34. The average molecular weight is 277 g/mol. The van der Waals surface area contributed by atoms with E-state index in [0.29, 0.717) is 19.4 Å². The Balaban J connectivity index is 2.63. The highest BCUT2D eigenvalue weighted by atomic mass is 32.2. The van der Waals surface area contributed by atoms with Gasteiger partial charge >= 0.3 is 0 Å². The van der Waals surface area contributed by atoms with Crippen LogP contribution in [0, 0.1) is 0 Å². The third-order valence-corrected chi connectivity index (χ3v) is 5.93. The molecular weight excluding hydrogens is 250 g/mol. The average Bonchev–Trinajstić information content (AvgIpc) is 2.35. The molecule has 2 N–H and O–H groups in total. The minimum Gasteiger partial charge on any atom is -0.389 e. The summed E-state index contributed by atoms with van der Waals surface area (Å²) in [7, 11) is -3.00. The Morgan fingerprint density at radius 2 is 1.78 bits per heavy atom. The second-order valence-electron chi connectivity index (χ2n) is 5.57. The summed E-state index contributed by atoms with van der Waals surface area (Å²) in [6.45, 7) is 4.40. The summed E-state index contributed by atoms with van der Waals surface area (Å²) in [4.78, 5) is 0. The van der Waals surface area contributed by atoms with E-state index in [0.717, 1.165) is 25.7 Å². The van der Waals surface area contributed by atoms with Crippen LogP contribution in [0.15, 0.2) is 0 Å². The van der Waals surface area contributed by atoms with Crippen LogP contribution in [0.1, 0.15) is 52.4 Å². The van der Waals surface area contributed by atoms with Crippen molar-refractivity contribution in [2.24, 2.45) is 0 Å². The summed E-state index contributed by atoms with van der Waals surface area (Å²) in [5.74, 6) is 0. The third-order valence-electron chi connectivity index (χ3n) is 4.26. The highest BCUT2D eigenvalue weighted by molar-refractivity contribution is 7.91. The molecule has 1 saturated carbocycles. The Bertz CT molecular complexity index is 349. The van der Waals surface area contributed by atoms with Gasteiger partial charge in [0, 0.05) is 18.8 Å². The Labute approximate surface area is 111 Å². The first-order chi connectivity index (χ1) is 8.32. The van der Waals surface area contributed by atoms with Gasteiger partial charge in [0.05, 0.1) is 10.9 Å². The van der Waals surface area contributed by atoms with Gasteiger partial charge in [-0.1, -0.05) is 26.7 Å². The maximum absolute atomic E-state index is 11.8. The number of hydrogen-bond donors (Lipinski definition) is 2. The van der Waals surface area contributed by atoms with Crippen molar-refractivity contribution in [2.75, 3.05) is 12.8 Å². The van der Waals surface area contributed by atoms with Crippen LogP contribution in [0.5, 0.6) is 0 Å². The molecule has 0 aromatic heterocycles. The molecule has 0 saturated heterocycles. The molecule has 108 valence electrons. The van der Waals surface area contributed by atoms with Crippen molar-refractivity contribution >= 4 is 9.84 Å². The van der Waals surface area contributed by atoms with E-state index >= 15 is 0 Å². The van der Waals surface area contributed by atoms with Crippen LogP contribution in [0.4, 0.5) is 0 Å². The summed E-state index contributed by atoms with van der Waals surface area (Å²) in [5.41, 5.74) is -0.709. The molecule has 0 amide bonds. The minimum absolute atomic E-state index is 0.00150. The lowest BCUT2D eigenvalue weighted by atomic mass is 9.92. The molecule has 1 fully saturated rings. The molecule has 1 aliphatic carbocycles. The van der Waals surface area contributed by atoms with Crippen molar-refractivity contribution in [1.29, 1.82) is 0 Å². The molecule has 1 rings (SSSR count). The second kappa shape index (κ2) is 6.35. The fraction of sp³-hybridized carbons (Fsp3) is 1.00. The fourth-order valence-corrected chi connectivity index (χ4v) is 4.09. The molecule has 2 unspecified atom stereocenters. The number of sulfone groups is 1. The normalized spacial score (nSPS) is 26.2. The van der Waals surface area contributed by atoms with E-state index in [4.69, 9.17) is 0 Å². The lowest BCUT2D eigenvalue weighted by Gasteiger charge is -2.34. The number of nitrogens with one attached hydrogen (secondary N) is 1. The van der Waals surface area contributed by atoms with Gasteiger partial charge in [0.2, 0.25) is 0 Å². The Morgan fingerprint density at radius 3 is 2.28 bits per heavy atom. The van der Waals surface area contributed by atoms with Crippen molar-refractivity contribution in [3.05, 3.63) is 0 Å². The highest BCUT2D eigenvalue weighted by Crippen LogP contribution is 2.25. The van der Waals surface area contributed by atoms with Crippen LogP contribution in [0.3, 0.4) is 0 Å². The largest absolute Gasteiger partial charge is 0.389 e. The topological polar surface area (TPSA) is 66.4 Å². The molecule has 0 bridgehead atoms. The van der Waals surface area contributed by atoms with Gasteiger partial charge < -0.3 is 10.4 Å². The molecule has 0 aliphatic heterocycles. The SMILES string of the molecule is CCC(O)(CC)CNC1CCCCC1S(C)(=O)=O. The first-order valence-electron chi connectivity index (χ1n) is 6.97. The Morgan fingerprint density at radius 1 is 1.22 bits per heavy atom. The molecule has 5 heteroatoms. The quantitative estimate of drug-likeness (QED) is 0.772. The van der Waals surface area contributed by atoms with Gasteiger partial charge in [-0.15, -0.1) is 0 Å². The van der Waals surface area contributed by atoms with Crippen LogP contribution in [0.2, 0.25) is 0 Å². The van der Waals surface area contributed by atoms with Crippen LogP contribution in [0.25, 0.3) is 0 Å².